The largest absolute Gasteiger partial charge is 0.490 e. The number of piperazine rings is 1. The number of carbonyl (C=O) groups is 2. The summed E-state index contributed by atoms with van der Waals surface area (Å²) in [6.07, 6.45) is 3.05. The summed E-state index contributed by atoms with van der Waals surface area (Å²) in [5.74, 6) is -1.00. The number of nitrogens with one attached hydrogen (secondary N) is 1. The van der Waals surface area contributed by atoms with Crippen LogP contribution in [0.4, 0.5) is 13.2 Å². The zero-order chi connectivity index (χ0) is 33.5. The molecule has 1 amide bonds. The van der Waals surface area contributed by atoms with E-state index in [1.807, 2.05) is 0 Å². The third kappa shape index (κ3) is 13.8. The summed E-state index contributed by atoms with van der Waals surface area (Å²) in [4.78, 5) is 29.4. The molecule has 2 fully saturated rings. The quantitative estimate of drug-likeness (QED) is 0.239. The Balaban J connectivity index is 0.000000738. The van der Waals surface area contributed by atoms with E-state index in [1.54, 1.807) is 0 Å². The van der Waals surface area contributed by atoms with Crippen LogP contribution < -0.4 is 5.32 Å². The highest BCUT2D eigenvalue weighted by Crippen LogP contribution is 2.29. The minimum atomic E-state index is -5.08. The van der Waals surface area contributed by atoms with Crippen LogP contribution in [0.5, 0.6) is 0 Å². The van der Waals surface area contributed by atoms with Gasteiger partial charge in [0.2, 0.25) is 5.91 Å². The highest BCUT2D eigenvalue weighted by molar-refractivity contribution is 5.76. The smallest absolute Gasteiger partial charge is 0.475 e. The number of halogens is 3. The molecule has 0 atom stereocenters. The molecule has 1 saturated carbocycles. The summed E-state index contributed by atoms with van der Waals surface area (Å²) in [6, 6.07) is 17.7. The Kier molecular flexibility index (Phi) is 15.5. The zero-order valence-corrected chi connectivity index (χ0v) is 27.8. The van der Waals surface area contributed by atoms with Gasteiger partial charge in [-0.15, -0.1) is 0 Å². The molecule has 1 heterocycles. The van der Waals surface area contributed by atoms with Crippen molar-refractivity contribution in [1.29, 1.82) is 0 Å². The maximum absolute atomic E-state index is 13.4. The molecule has 1 aliphatic heterocycles. The molecular formula is C36H53F3N4O3. The topological polar surface area (TPSA) is 76.1 Å². The number of amides is 1. The van der Waals surface area contributed by atoms with E-state index in [1.165, 1.54) is 47.9 Å². The average molecular weight is 647 g/mol. The van der Waals surface area contributed by atoms with Gasteiger partial charge < -0.3 is 25.1 Å². The number of alkyl halides is 3. The third-order valence-electron chi connectivity index (χ3n) is 8.80. The number of carboxylic acids is 1. The number of carbonyl (C=O) groups excluding carboxylic acids is 1. The first-order valence-corrected chi connectivity index (χ1v) is 16.8. The first kappa shape index (κ1) is 37.5. The van der Waals surface area contributed by atoms with Gasteiger partial charge in [0.1, 0.15) is 0 Å². The van der Waals surface area contributed by atoms with Crippen molar-refractivity contribution >= 4 is 11.9 Å². The van der Waals surface area contributed by atoms with Gasteiger partial charge in [-0.2, -0.15) is 13.2 Å². The van der Waals surface area contributed by atoms with Crippen molar-refractivity contribution in [3.63, 3.8) is 0 Å². The Morgan fingerprint density at radius 3 is 2.24 bits per heavy atom. The summed E-state index contributed by atoms with van der Waals surface area (Å²) in [6.45, 7) is 13.6. The fourth-order valence-electron chi connectivity index (χ4n) is 6.02. The lowest BCUT2D eigenvalue weighted by atomic mass is 10.0. The van der Waals surface area contributed by atoms with Crippen molar-refractivity contribution in [2.24, 2.45) is 11.8 Å². The molecule has 2 aliphatic rings. The maximum atomic E-state index is 13.4. The van der Waals surface area contributed by atoms with E-state index in [4.69, 9.17) is 9.90 Å². The number of benzene rings is 2. The monoisotopic (exact) mass is 646 g/mol. The molecule has 7 nitrogen and oxygen atoms in total. The SMILES string of the molecule is CC(C)CNCc1cccc(-c2ccc(CN(CCCN3CCN(C)CC3)C(=O)CCC3CCCC3)cc2)c1.O=C(O)C(F)(F)F. The number of hydrogen-bond acceptors (Lipinski definition) is 5. The lowest BCUT2D eigenvalue weighted by molar-refractivity contribution is -0.192. The van der Waals surface area contributed by atoms with Crippen LogP contribution in [0.25, 0.3) is 11.1 Å². The van der Waals surface area contributed by atoms with E-state index in [-0.39, 0.29) is 0 Å². The van der Waals surface area contributed by atoms with E-state index in [2.05, 4.69) is 89.4 Å². The molecule has 10 heteroatoms. The van der Waals surface area contributed by atoms with E-state index in [0.717, 1.165) is 71.1 Å². The van der Waals surface area contributed by atoms with Crippen LogP contribution in [0.1, 0.15) is 69.9 Å². The van der Waals surface area contributed by atoms with Gasteiger partial charge in [-0.3, -0.25) is 4.79 Å². The number of carboxylic acid groups (broad SMARTS) is 1. The van der Waals surface area contributed by atoms with E-state index in [9.17, 15) is 18.0 Å². The minimum Gasteiger partial charge on any atom is -0.475 e. The van der Waals surface area contributed by atoms with Crippen LogP contribution in [-0.2, 0) is 22.7 Å². The number of likely N-dealkylation sites (N-methyl/N-ethyl adjacent to an activating group) is 1. The maximum Gasteiger partial charge on any atom is 0.490 e. The lowest BCUT2D eigenvalue weighted by Crippen LogP contribution is -2.45. The van der Waals surface area contributed by atoms with Crippen LogP contribution >= 0.6 is 0 Å². The molecule has 256 valence electrons. The molecule has 0 unspecified atom stereocenters. The highest BCUT2D eigenvalue weighted by atomic mass is 19.4. The number of rotatable bonds is 14. The van der Waals surface area contributed by atoms with E-state index < -0.39 is 12.1 Å². The summed E-state index contributed by atoms with van der Waals surface area (Å²) < 4.78 is 31.7. The van der Waals surface area contributed by atoms with Crippen LogP contribution in [0, 0.1) is 11.8 Å². The molecule has 1 aliphatic carbocycles. The summed E-state index contributed by atoms with van der Waals surface area (Å²) in [5.41, 5.74) is 5.03. The molecule has 0 radical (unpaired) electrons. The van der Waals surface area contributed by atoms with Gasteiger partial charge in [-0.1, -0.05) is 82.0 Å². The van der Waals surface area contributed by atoms with Crippen LogP contribution in [0.2, 0.25) is 0 Å². The minimum absolute atomic E-state index is 0.339. The van der Waals surface area contributed by atoms with Gasteiger partial charge in [-0.05, 0) is 73.1 Å². The van der Waals surface area contributed by atoms with Crippen molar-refractivity contribution in [1.82, 2.24) is 20.0 Å². The van der Waals surface area contributed by atoms with Gasteiger partial charge in [0.05, 0.1) is 0 Å². The molecule has 2 aromatic carbocycles. The summed E-state index contributed by atoms with van der Waals surface area (Å²) in [7, 11) is 2.20. The van der Waals surface area contributed by atoms with Crippen molar-refractivity contribution in [3.05, 3.63) is 59.7 Å². The molecule has 0 spiro atoms. The van der Waals surface area contributed by atoms with Gasteiger partial charge in [0.15, 0.2) is 0 Å². The van der Waals surface area contributed by atoms with Gasteiger partial charge in [0, 0.05) is 52.2 Å². The van der Waals surface area contributed by atoms with Crippen molar-refractivity contribution < 1.29 is 27.9 Å². The molecule has 2 aromatic rings. The van der Waals surface area contributed by atoms with Gasteiger partial charge >= 0.3 is 12.1 Å². The molecule has 0 aromatic heterocycles. The Bertz CT molecular complexity index is 1190. The highest BCUT2D eigenvalue weighted by Gasteiger charge is 2.38. The zero-order valence-electron chi connectivity index (χ0n) is 27.8. The normalized spacial score (nSPS) is 16.3. The van der Waals surface area contributed by atoms with Crippen molar-refractivity contribution in [3.8, 4) is 11.1 Å². The second kappa shape index (κ2) is 19.0. The molecule has 46 heavy (non-hydrogen) atoms. The molecular weight excluding hydrogens is 593 g/mol. The Labute approximate surface area is 273 Å². The molecule has 0 bridgehead atoms. The van der Waals surface area contributed by atoms with Crippen molar-refractivity contribution in [2.45, 2.75) is 78.1 Å². The first-order chi connectivity index (χ1) is 21.9. The first-order valence-electron chi connectivity index (χ1n) is 16.8. The molecule has 1 saturated heterocycles. The second-order valence-electron chi connectivity index (χ2n) is 13.2. The van der Waals surface area contributed by atoms with Crippen molar-refractivity contribution in [2.75, 3.05) is 52.9 Å². The van der Waals surface area contributed by atoms with Crippen LogP contribution in [0.15, 0.2) is 48.5 Å². The Morgan fingerprint density at radius 1 is 0.978 bits per heavy atom. The standard InChI is InChI=1S/C34H52N4O.C2HF3O2/c1-28(2)25-35-26-31-10-6-11-33(24-31)32-15-12-30(13-16-32)27-38(34(39)17-14-29-8-4-5-9-29)19-7-18-37-22-20-36(3)21-23-37;3-2(4,5)1(6)7/h6,10-13,15-16,24,28-29,35H,4-5,7-9,14,17-23,25-27H2,1-3H3;(H,6,7). The molecule has 2 N–H and O–H groups in total. The average Bonchev–Trinajstić information content (AvgIpc) is 3.54. The second-order valence-corrected chi connectivity index (χ2v) is 13.2. The van der Waals surface area contributed by atoms with Crippen LogP contribution in [-0.4, -0.2) is 90.7 Å². The summed E-state index contributed by atoms with van der Waals surface area (Å²) in [5, 5.41) is 10.7. The third-order valence-corrected chi connectivity index (χ3v) is 8.80. The van der Waals surface area contributed by atoms with Crippen LogP contribution in [0.3, 0.4) is 0 Å². The molecule has 4 rings (SSSR count). The predicted octanol–water partition coefficient (Wildman–Crippen LogP) is 6.67. The number of nitrogens with zero attached hydrogens (tertiary/aromatic N) is 3. The predicted molar refractivity (Wildman–Crippen MR) is 177 cm³/mol. The summed E-state index contributed by atoms with van der Waals surface area (Å²) >= 11 is 0. The lowest BCUT2D eigenvalue weighted by Gasteiger charge is -2.33. The van der Waals surface area contributed by atoms with E-state index in [0.29, 0.717) is 24.8 Å². The number of aliphatic carboxylic acids is 1. The number of hydrogen-bond donors (Lipinski definition) is 2. The fraction of sp³-hybridized carbons (Fsp3) is 0.611. The van der Waals surface area contributed by atoms with E-state index >= 15 is 0 Å². The Hall–Kier alpha value is -2.95. The fourth-order valence-corrected chi connectivity index (χ4v) is 6.02. The Morgan fingerprint density at radius 2 is 1.63 bits per heavy atom. The van der Waals surface area contributed by atoms with Gasteiger partial charge in [-0.25, -0.2) is 4.79 Å². The van der Waals surface area contributed by atoms with Gasteiger partial charge in [0.25, 0.3) is 0 Å².